The lowest BCUT2D eigenvalue weighted by molar-refractivity contribution is -0.137. The summed E-state index contributed by atoms with van der Waals surface area (Å²) in [5, 5.41) is 17.4. The van der Waals surface area contributed by atoms with Gasteiger partial charge >= 0.3 is 5.97 Å². The van der Waals surface area contributed by atoms with Crippen molar-refractivity contribution in [3.8, 4) is 17.9 Å². The zero-order valence-corrected chi connectivity index (χ0v) is 10.4. The lowest BCUT2D eigenvalue weighted by Gasteiger charge is -2.06. The minimum Gasteiger partial charge on any atom is -0.478 e. The molecule has 0 bridgehead atoms. The van der Waals surface area contributed by atoms with E-state index in [1.807, 2.05) is 6.07 Å². The van der Waals surface area contributed by atoms with Gasteiger partial charge in [0.15, 0.2) is 6.61 Å². The molecular formula is C14H12N2O3. The van der Waals surface area contributed by atoms with Gasteiger partial charge in [-0.25, -0.2) is 4.79 Å². The number of hydrogen-bond acceptors (Lipinski definition) is 5. The summed E-state index contributed by atoms with van der Waals surface area (Å²) in [4.78, 5) is 11.5. The van der Waals surface area contributed by atoms with Crippen molar-refractivity contribution in [1.29, 1.82) is 10.5 Å². The molecule has 5 heteroatoms. The Morgan fingerprint density at radius 2 is 2.11 bits per heavy atom. The van der Waals surface area contributed by atoms with Crippen LogP contribution >= 0.6 is 0 Å². The molecule has 0 aliphatic rings. The van der Waals surface area contributed by atoms with Gasteiger partial charge < -0.3 is 9.47 Å². The van der Waals surface area contributed by atoms with Crippen LogP contribution in [0.25, 0.3) is 6.08 Å². The SMILES string of the molecule is CCOC(=O)/C(C#N)=C/c1ccccc1OCC#N. The van der Waals surface area contributed by atoms with Crippen LogP contribution in [0.15, 0.2) is 29.8 Å². The first kappa shape index (κ1) is 14.3. The van der Waals surface area contributed by atoms with E-state index in [2.05, 4.69) is 0 Å². The van der Waals surface area contributed by atoms with Gasteiger partial charge in [-0.05, 0) is 19.1 Å². The summed E-state index contributed by atoms with van der Waals surface area (Å²) >= 11 is 0. The predicted molar refractivity (Wildman–Crippen MR) is 67.8 cm³/mol. The van der Waals surface area contributed by atoms with Crippen LogP contribution in [-0.4, -0.2) is 19.2 Å². The highest BCUT2D eigenvalue weighted by Crippen LogP contribution is 2.21. The van der Waals surface area contributed by atoms with E-state index in [1.54, 1.807) is 37.3 Å². The van der Waals surface area contributed by atoms with E-state index in [0.717, 1.165) is 0 Å². The standard InChI is InChI=1S/C14H12N2O3/c1-2-18-14(17)12(10-16)9-11-5-3-4-6-13(11)19-8-7-15/h3-6,9H,2,8H2,1H3/b12-9+. The van der Waals surface area contributed by atoms with E-state index in [4.69, 9.17) is 20.0 Å². The van der Waals surface area contributed by atoms with Crippen molar-refractivity contribution < 1.29 is 14.3 Å². The summed E-state index contributed by atoms with van der Waals surface area (Å²) in [6.45, 7) is 1.76. The van der Waals surface area contributed by atoms with E-state index in [9.17, 15) is 4.79 Å². The zero-order chi connectivity index (χ0) is 14.1. The van der Waals surface area contributed by atoms with E-state index < -0.39 is 5.97 Å². The molecule has 1 aromatic carbocycles. The van der Waals surface area contributed by atoms with Crippen LogP contribution in [0.4, 0.5) is 0 Å². The first-order valence-electron chi connectivity index (χ1n) is 5.60. The molecule has 0 atom stereocenters. The van der Waals surface area contributed by atoms with Crippen LogP contribution in [0, 0.1) is 22.7 Å². The van der Waals surface area contributed by atoms with Crippen molar-refractivity contribution in [1.82, 2.24) is 0 Å². The number of esters is 1. The lowest BCUT2D eigenvalue weighted by Crippen LogP contribution is -2.06. The molecule has 0 fully saturated rings. The molecule has 0 radical (unpaired) electrons. The summed E-state index contributed by atoms with van der Waals surface area (Å²) in [5.41, 5.74) is 0.428. The van der Waals surface area contributed by atoms with Gasteiger partial charge in [-0.2, -0.15) is 10.5 Å². The number of hydrogen-bond donors (Lipinski definition) is 0. The summed E-state index contributed by atoms with van der Waals surface area (Å²) < 4.78 is 9.97. The van der Waals surface area contributed by atoms with Crippen LogP contribution in [-0.2, 0) is 9.53 Å². The van der Waals surface area contributed by atoms with Gasteiger partial charge in [0, 0.05) is 5.56 Å². The maximum atomic E-state index is 11.5. The van der Waals surface area contributed by atoms with Gasteiger partial charge in [0.1, 0.15) is 23.5 Å². The topological polar surface area (TPSA) is 83.1 Å². The van der Waals surface area contributed by atoms with Gasteiger partial charge in [-0.1, -0.05) is 18.2 Å². The van der Waals surface area contributed by atoms with E-state index >= 15 is 0 Å². The molecule has 0 saturated heterocycles. The number of nitrogens with zero attached hydrogens (tertiary/aromatic N) is 2. The molecule has 19 heavy (non-hydrogen) atoms. The van der Waals surface area contributed by atoms with Crippen LogP contribution in [0.1, 0.15) is 12.5 Å². The molecule has 0 aromatic heterocycles. The molecule has 0 unspecified atom stereocenters. The van der Waals surface area contributed by atoms with Crippen molar-refractivity contribution in [2.24, 2.45) is 0 Å². The number of rotatable bonds is 5. The Hall–Kier alpha value is -2.79. The van der Waals surface area contributed by atoms with Crippen LogP contribution < -0.4 is 4.74 Å². The van der Waals surface area contributed by atoms with Gasteiger partial charge in [-0.15, -0.1) is 0 Å². The molecule has 1 aromatic rings. The Bertz CT molecular complexity index is 565. The molecular weight excluding hydrogens is 244 g/mol. The number of carbonyl (C=O) groups excluding carboxylic acids is 1. The smallest absolute Gasteiger partial charge is 0.348 e. The van der Waals surface area contributed by atoms with Crippen LogP contribution in [0.2, 0.25) is 0 Å². The first-order valence-corrected chi connectivity index (χ1v) is 5.60. The maximum absolute atomic E-state index is 11.5. The molecule has 96 valence electrons. The number of nitriles is 2. The van der Waals surface area contributed by atoms with Gasteiger partial charge in [0.25, 0.3) is 0 Å². The first-order chi connectivity index (χ1) is 9.22. The molecule has 1 rings (SSSR count). The summed E-state index contributed by atoms with van der Waals surface area (Å²) in [7, 11) is 0. The monoisotopic (exact) mass is 256 g/mol. The minimum absolute atomic E-state index is 0.105. The largest absolute Gasteiger partial charge is 0.478 e. The zero-order valence-electron chi connectivity index (χ0n) is 10.4. The predicted octanol–water partition coefficient (Wildman–Crippen LogP) is 2.06. The molecule has 0 aliphatic heterocycles. The quantitative estimate of drug-likeness (QED) is 0.457. The van der Waals surface area contributed by atoms with Crippen LogP contribution in [0.5, 0.6) is 5.75 Å². The number of ether oxygens (including phenoxy) is 2. The van der Waals surface area contributed by atoms with Crippen molar-refractivity contribution in [3.05, 3.63) is 35.4 Å². The second-order valence-corrected chi connectivity index (χ2v) is 3.37. The van der Waals surface area contributed by atoms with E-state index in [0.29, 0.717) is 11.3 Å². The summed E-state index contributed by atoms with van der Waals surface area (Å²) in [6, 6.07) is 10.5. The molecule has 0 amide bonds. The third kappa shape index (κ3) is 4.18. The average Bonchev–Trinajstić information content (AvgIpc) is 2.43. The Morgan fingerprint density at radius 3 is 2.74 bits per heavy atom. The molecule has 0 heterocycles. The minimum atomic E-state index is -0.680. The Kier molecular flexibility index (Phi) is 5.65. The Labute approximate surface area is 111 Å². The van der Waals surface area contributed by atoms with Crippen molar-refractivity contribution in [2.75, 3.05) is 13.2 Å². The molecule has 5 nitrogen and oxygen atoms in total. The third-order valence-corrected chi connectivity index (χ3v) is 2.13. The molecule has 0 spiro atoms. The van der Waals surface area contributed by atoms with Crippen LogP contribution in [0.3, 0.4) is 0 Å². The fourth-order valence-electron chi connectivity index (χ4n) is 1.34. The third-order valence-electron chi connectivity index (χ3n) is 2.13. The van der Waals surface area contributed by atoms with Gasteiger partial charge in [-0.3, -0.25) is 0 Å². The average molecular weight is 256 g/mol. The lowest BCUT2D eigenvalue weighted by atomic mass is 10.1. The van der Waals surface area contributed by atoms with Crippen molar-refractivity contribution in [3.63, 3.8) is 0 Å². The second-order valence-electron chi connectivity index (χ2n) is 3.37. The maximum Gasteiger partial charge on any atom is 0.348 e. The number of para-hydroxylation sites is 1. The number of carbonyl (C=O) groups is 1. The Balaban J connectivity index is 3.05. The highest BCUT2D eigenvalue weighted by atomic mass is 16.5. The van der Waals surface area contributed by atoms with Gasteiger partial charge in [0.2, 0.25) is 0 Å². The normalized spacial score (nSPS) is 10.2. The molecule has 0 N–H and O–H groups in total. The Morgan fingerprint density at radius 1 is 1.37 bits per heavy atom. The van der Waals surface area contributed by atoms with Crippen molar-refractivity contribution >= 4 is 12.0 Å². The highest BCUT2D eigenvalue weighted by molar-refractivity contribution is 5.98. The highest BCUT2D eigenvalue weighted by Gasteiger charge is 2.11. The van der Waals surface area contributed by atoms with E-state index in [-0.39, 0.29) is 18.8 Å². The molecule has 0 aliphatic carbocycles. The summed E-state index contributed by atoms with van der Waals surface area (Å²) in [5.74, 6) is -0.249. The summed E-state index contributed by atoms with van der Waals surface area (Å²) in [6.07, 6.45) is 1.38. The van der Waals surface area contributed by atoms with Gasteiger partial charge in [0.05, 0.1) is 6.61 Å². The number of benzene rings is 1. The van der Waals surface area contributed by atoms with E-state index in [1.165, 1.54) is 6.08 Å². The molecule has 0 saturated carbocycles. The fourth-order valence-corrected chi connectivity index (χ4v) is 1.34. The second kappa shape index (κ2) is 7.52. The van der Waals surface area contributed by atoms with Crippen molar-refractivity contribution in [2.45, 2.75) is 6.92 Å². The fraction of sp³-hybridized carbons (Fsp3) is 0.214.